The SMILES string of the molecule is NC1C(O)C(CO)OC1(O)CO. The van der Waals surface area contributed by atoms with Crippen molar-refractivity contribution in [3.63, 3.8) is 0 Å². The zero-order valence-electron chi connectivity index (χ0n) is 6.42. The summed E-state index contributed by atoms with van der Waals surface area (Å²) in [4.78, 5) is 0. The molecule has 1 rings (SSSR count). The van der Waals surface area contributed by atoms with E-state index in [1.54, 1.807) is 0 Å². The molecule has 1 aliphatic heterocycles. The molecular weight excluding hydrogens is 166 g/mol. The van der Waals surface area contributed by atoms with Crippen LogP contribution < -0.4 is 5.73 Å². The fourth-order valence-electron chi connectivity index (χ4n) is 1.20. The molecule has 0 radical (unpaired) electrons. The Morgan fingerprint density at radius 3 is 2.25 bits per heavy atom. The molecule has 12 heavy (non-hydrogen) atoms. The van der Waals surface area contributed by atoms with Crippen molar-refractivity contribution in [3.8, 4) is 0 Å². The van der Waals surface area contributed by atoms with Gasteiger partial charge in [-0.2, -0.15) is 0 Å². The maximum Gasteiger partial charge on any atom is 0.207 e. The second-order valence-corrected chi connectivity index (χ2v) is 2.86. The highest BCUT2D eigenvalue weighted by atomic mass is 16.7. The van der Waals surface area contributed by atoms with Gasteiger partial charge in [0.2, 0.25) is 5.79 Å². The minimum absolute atomic E-state index is 0.447. The Morgan fingerprint density at radius 2 is 2.00 bits per heavy atom. The minimum atomic E-state index is -1.94. The molecule has 0 amide bonds. The van der Waals surface area contributed by atoms with Gasteiger partial charge in [-0.25, -0.2) is 0 Å². The topological polar surface area (TPSA) is 116 Å². The van der Waals surface area contributed by atoms with Gasteiger partial charge in [-0.3, -0.25) is 0 Å². The molecule has 1 heterocycles. The van der Waals surface area contributed by atoms with Gasteiger partial charge in [-0.05, 0) is 0 Å². The van der Waals surface area contributed by atoms with Crippen molar-refractivity contribution in [2.75, 3.05) is 13.2 Å². The van der Waals surface area contributed by atoms with Crippen molar-refractivity contribution in [2.45, 2.75) is 24.0 Å². The van der Waals surface area contributed by atoms with Gasteiger partial charge in [0.25, 0.3) is 0 Å². The van der Waals surface area contributed by atoms with Crippen LogP contribution in [-0.2, 0) is 4.74 Å². The van der Waals surface area contributed by atoms with Crippen LogP contribution in [0, 0.1) is 0 Å². The van der Waals surface area contributed by atoms with E-state index in [2.05, 4.69) is 0 Å². The lowest BCUT2D eigenvalue weighted by Crippen LogP contribution is -2.51. The molecule has 6 nitrogen and oxygen atoms in total. The zero-order chi connectivity index (χ0) is 9.35. The Bertz CT molecular complexity index is 166. The Kier molecular flexibility index (Phi) is 2.67. The van der Waals surface area contributed by atoms with E-state index in [0.717, 1.165) is 0 Å². The van der Waals surface area contributed by atoms with Crippen LogP contribution in [0.3, 0.4) is 0 Å². The highest BCUT2D eigenvalue weighted by molar-refractivity contribution is 4.97. The molecule has 0 aromatic heterocycles. The van der Waals surface area contributed by atoms with Crippen LogP contribution in [0.5, 0.6) is 0 Å². The first-order valence-corrected chi connectivity index (χ1v) is 3.60. The Morgan fingerprint density at radius 1 is 1.42 bits per heavy atom. The van der Waals surface area contributed by atoms with E-state index in [1.165, 1.54) is 0 Å². The number of nitrogens with two attached hydrogens (primary N) is 1. The highest BCUT2D eigenvalue weighted by Gasteiger charge is 2.51. The molecule has 4 unspecified atom stereocenters. The van der Waals surface area contributed by atoms with Crippen LogP contribution in [0.4, 0.5) is 0 Å². The summed E-state index contributed by atoms with van der Waals surface area (Å²) < 4.78 is 4.75. The number of aliphatic hydroxyl groups excluding tert-OH is 3. The van der Waals surface area contributed by atoms with E-state index in [0.29, 0.717) is 0 Å². The van der Waals surface area contributed by atoms with E-state index in [-0.39, 0.29) is 0 Å². The lowest BCUT2D eigenvalue weighted by molar-refractivity contribution is -0.222. The van der Waals surface area contributed by atoms with Crippen molar-refractivity contribution >= 4 is 0 Å². The van der Waals surface area contributed by atoms with Crippen LogP contribution in [0.15, 0.2) is 0 Å². The third-order valence-electron chi connectivity index (χ3n) is 2.03. The van der Waals surface area contributed by atoms with Gasteiger partial charge in [0.15, 0.2) is 0 Å². The van der Waals surface area contributed by atoms with Crippen LogP contribution in [0.1, 0.15) is 0 Å². The monoisotopic (exact) mass is 179 g/mol. The number of ether oxygens (including phenoxy) is 1. The average Bonchev–Trinajstić information content (AvgIpc) is 2.31. The molecule has 1 aliphatic rings. The smallest absolute Gasteiger partial charge is 0.207 e. The van der Waals surface area contributed by atoms with Gasteiger partial charge in [-0.15, -0.1) is 0 Å². The van der Waals surface area contributed by atoms with Gasteiger partial charge in [0.05, 0.1) is 19.3 Å². The van der Waals surface area contributed by atoms with Crippen molar-refractivity contribution < 1.29 is 25.2 Å². The van der Waals surface area contributed by atoms with Gasteiger partial charge in [0, 0.05) is 0 Å². The summed E-state index contributed by atoms with van der Waals surface area (Å²) in [5.74, 6) is -1.94. The van der Waals surface area contributed by atoms with Gasteiger partial charge < -0.3 is 30.9 Å². The molecule has 6 N–H and O–H groups in total. The van der Waals surface area contributed by atoms with Crippen LogP contribution >= 0.6 is 0 Å². The van der Waals surface area contributed by atoms with Gasteiger partial charge in [0.1, 0.15) is 12.2 Å². The summed E-state index contributed by atoms with van der Waals surface area (Å²) in [6.07, 6.45) is -2.09. The molecule has 72 valence electrons. The normalized spacial score (nSPS) is 48.2. The third kappa shape index (κ3) is 1.33. The van der Waals surface area contributed by atoms with Crippen molar-refractivity contribution in [3.05, 3.63) is 0 Å². The fraction of sp³-hybridized carbons (Fsp3) is 1.00. The molecule has 0 aliphatic carbocycles. The summed E-state index contributed by atoms with van der Waals surface area (Å²) in [5.41, 5.74) is 5.34. The molecule has 0 aromatic carbocycles. The molecule has 1 saturated heterocycles. The maximum absolute atomic E-state index is 9.37. The average molecular weight is 179 g/mol. The molecule has 0 spiro atoms. The largest absolute Gasteiger partial charge is 0.394 e. The van der Waals surface area contributed by atoms with E-state index < -0.39 is 37.3 Å². The minimum Gasteiger partial charge on any atom is -0.394 e. The number of aliphatic hydroxyl groups is 4. The maximum atomic E-state index is 9.37. The summed E-state index contributed by atoms with van der Waals surface area (Å²) in [7, 11) is 0. The van der Waals surface area contributed by atoms with Crippen LogP contribution in [0.25, 0.3) is 0 Å². The summed E-state index contributed by atoms with van der Waals surface area (Å²) in [6, 6.07) is -1.10. The molecular formula is C6H13NO5. The first-order chi connectivity index (χ1) is 5.55. The number of hydrogen-bond acceptors (Lipinski definition) is 6. The lowest BCUT2D eigenvalue weighted by atomic mass is 10.0. The van der Waals surface area contributed by atoms with E-state index >= 15 is 0 Å². The Labute approximate surface area is 69.2 Å². The van der Waals surface area contributed by atoms with Crippen molar-refractivity contribution in [2.24, 2.45) is 5.73 Å². The summed E-state index contributed by atoms with van der Waals surface area (Å²) in [5, 5.41) is 35.9. The quantitative estimate of drug-likeness (QED) is 0.304. The predicted molar refractivity (Wildman–Crippen MR) is 38.0 cm³/mol. The third-order valence-corrected chi connectivity index (χ3v) is 2.03. The Balaban J connectivity index is 2.72. The standard InChI is InChI=1S/C6H13NO5/c7-5-4(10)3(1-8)12-6(5,11)2-9/h3-5,8-11H,1-2,7H2. The van der Waals surface area contributed by atoms with Crippen LogP contribution in [0.2, 0.25) is 0 Å². The van der Waals surface area contributed by atoms with Crippen LogP contribution in [-0.4, -0.2) is 57.7 Å². The molecule has 1 fully saturated rings. The van der Waals surface area contributed by atoms with E-state index in [9.17, 15) is 10.2 Å². The highest BCUT2D eigenvalue weighted by Crippen LogP contribution is 2.26. The molecule has 4 atom stereocenters. The Hall–Kier alpha value is -0.240. The van der Waals surface area contributed by atoms with E-state index in [1.807, 2.05) is 0 Å². The fourth-order valence-corrected chi connectivity index (χ4v) is 1.20. The molecule has 0 aromatic rings. The molecule has 0 bridgehead atoms. The summed E-state index contributed by atoms with van der Waals surface area (Å²) >= 11 is 0. The molecule has 0 saturated carbocycles. The number of hydrogen-bond donors (Lipinski definition) is 5. The second kappa shape index (κ2) is 3.25. The van der Waals surface area contributed by atoms with E-state index in [4.69, 9.17) is 20.7 Å². The first-order valence-electron chi connectivity index (χ1n) is 3.60. The van der Waals surface area contributed by atoms with Crippen molar-refractivity contribution in [1.29, 1.82) is 0 Å². The van der Waals surface area contributed by atoms with Gasteiger partial charge in [-0.1, -0.05) is 0 Å². The lowest BCUT2D eigenvalue weighted by Gasteiger charge is -2.23. The predicted octanol–water partition coefficient (Wildman–Crippen LogP) is -3.25. The molecule has 6 heteroatoms. The zero-order valence-corrected chi connectivity index (χ0v) is 6.42. The second-order valence-electron chi connectivity index (χ2n) is 2.86. The summed E-state index contributed by atoms with van der Waals surface area (Å²) in [6.45, 7) is -1.15. The number of rotatable bonds is 2. The van der Waals surface area contributed by atoms with Gasteiger partial charge >= 0.3 is 0 Å². The first kappa shape index (κ1) is 9.85. The van der Waals surface area contributed by atoms with Crippen molar-refractivity contribution in [1.82, 2.24) is 0 Å².